The molecule has 2 fully saturated rings. The van der Waals surface area contributed by atoms with E-state index in [4.69, 9.17) is 0 Å². The predicted octanol–water partition coefficient (Wildman–Crippen LogP) is 4.96. The largest absolute Gasteiger partial charge is 0.341 e. The van der Waals surface area contributed by atoms with Crippen LogP contribution in [0, 0.1) is 11.7 Å². The van der Waals surface area contributed by atoms with Gasteiger partial charge in [0, 0.05) is 43.5 Å². The van der Waals surface area contributed by atoms with Crippen molar-refractivity contribution in [1.82, 2.24) is 9.80 Å². The smallest absolute Gasteiger partial charge is 0.262 e. The molecule has 0 unspecified atom stereocenters. The lowest BCUT2D eigenvalue weighted by atomic mass is 9.88. The van der Waals surface area contributed by atoms with Gasteiger partial charge < -0.3 is 4.90 Å². The summed E-state index contributed by atoms with van der Waals surface area (Å²) < 4.78 is 42.1. The Morgan fingerprint density at radius 2 is 1.76 bits per heavy atom. The van der Waals surface area contributed by atoms with Gasteiger partial charge in [0.05, 0.1) is 12.6 Å². The van der Waals surface area contributed by atoms with Crippen molar-refractivity contribution >= 4 is 11.7 Å². The van der Waals surface area contributed by atoms with Crippen molar-refractivity contribution in [1.29, 1.82) is 0 Å². The van der Waals surface area contributed by atoms with Gasteiger partial charge in [0.1, 0.15) is 11.6 Å². The summed E-state index contributed by atoms with van der Waals surface area (Å²) in [6, 6.07) is 13.0. The minimum atomic E-state index is -2.85. The first kappa shape index (κ1) is 24.5. The molecular formula is C27H31F3N2O2. The third-order valence-corrected chi connectivity index (χ3v) is 7.01. The Kier molecular flexibility index (Phi) is 7.12. The van der Waals surface area contributed by atoms with E-state index in [1.807, 2.05) is 38.1 Å². The van der Waals surface area contributed by atoms with Gasteiger partial charge in [-0.1, -0.05) is 42.5 Å². The average Bonchev–Trinajstić information content (AvgIpc) is 3.15. The van der Waals surface area contributed by atoms with Gasteiger partial charge in [-0.3, -0.25) is 14.5 Å². The molecule has 7 heteroatoms. The molecule has 1 amide bonds. The van der Waals surface area contributed by atoms with Crippen LogP contribution in [0.3, 0.4) is 0 Å². The van der Waals surface area contributed by atoms with Gasteiger partial charge in [-0.2, -0.15) is 0 Å². The number of hydrogen-bond donors (Lipinski definition) is 0. The molecule has 2 aliphatic rings. The Labute approximate surface area is 198 Å². The lowest BCUT2D eigenvalue weighted by Gasteiger charge is -2.35. The number of benzene rings is 2. The van der Waals surface area contributed by atoms with Crippen LogP contribution in [0.4, 0.5) is 13.2 Å². The van der Waals surface area contributed by atoms with Gasteiger partial charge in [-0.15, -0.1) is 0 Å². The van der Waals surface area contributed by atoms with E-state index in [0.717, 1.165) is 11.1 Å². The SMILES string of the molecule is CC(C)N1CC(F)(F)C[C@H]1C(=O)N1CCC(C(=O)Cc2cccc(-c3ccccc3F)c2)CC1. The van der Waals surface area contributed by atoms with E-state index in [-0.39, 0.29) is 42.4 Å². The maximum Gasteiger partial charge on any atom is 0.262 e. The Bertz CT molecular complexity index is 1050. The molecular weight excluding hydrogens is 441 g/mol. The highest BCUT2D eigenvalue weighted by Crippen LogP contribution is 2.35. The summed E-state index contributed by atoms with van der Waals surface area (Å²) in [6.07, 6.45) is 0.864. The number of rotatable bonds is 6. The van der Waals surface area contributed by atoms with Crippen LogP contribution < -0.4 is 0 Å². The van der Waals surface area contributed by atoms with Crippen molar-refractivity contribution in [2.24, 2.45) is 5.92 Å². The highest BCUT2D eigenvalue weighted by molar-refractivity contribution is 5.85. The number of hydrogen-bond acceptors (Lipinski definition) is 3. The van der Waals surface area contributed by atoms with E-state index in [0.29, 0.717) is 31.5 Å². The fourth-order valence-corrected chi connectivity index (χ4v) is 5.14. The maximum absolute atomic E-state index is 14.1. The minimum Gasteiger partial charge on any atom is -0.341 e. The topological polar surface area (TPSA) is 40.6 Å². The maximum atomic E-state index is 14.1. The molecule has 0 aliphatic carbocycles. The highest BCUT2D eigenvalue weighted by Gasteiger charge is 2.50. The molecule has 182 valence electrons. The van der Waals surface area contributed by atoms with Crippen LogP contribution >= 0.6 is 0 Å². The molecule has 4 nitrogen and oxygen atoms in total. The zero-order valence-corrected chi connectivity index (χ0v) is 19.6. The zero-order valence-electron chi connectivity index (χ0n) is 19.6. The number of piperidine rings is 1. The fourth-order valence-electron chi connectivity index (χ4n) is 5.14. The number of nitrogens with zero attached hydrogens (tertiary/aromatic N) is 2. The lowest BCUT2D eigenvalue weighted by molar-refractivity contribution is -0.139. The van der Waals surface area contributed by atoms with Gasteiger partial charge in [0.2, 0.25) is 5.91 Å². The summed E-state index contributed by atoms with van der Waals surface area (Å²) in [5.74, 6) is -3.49. The molecule has 2 aliphatic heterocycles. The highest BCUT2D eigenvalue weighted by atomic mass is 19.3. The summed E-state index contributed by atoms with van der Waals surface area (Å²) in [7, 11) is 0. The molecule has 2 saturated heterocycles. The van der Waals surface area contributed by atoms with Gasteiger partial charge in [-0.25, -0.2) is 13.2 Å². The standard InChI is InChI=1S/C27H31F3N2O2/c1-18(2)32-17-27(29,30)16-24(32)26(34)31-12-10-20(11-13-31)25(33)15-19-6-5-7-21(14-19)22-8-3-4-9-23(22)28/h3-9,14,18,20,24H,10-13,15-17H2,1-2H3/t24-/m0/s1. The van der Waals surface area contributed by atoms with Crippen LogP contribution in [0.1, 0.15) is 38.7 Å². The number of Topliss-reactive ketones (excluding diaryl/α,β-unsaturated/α-hetero) is 1. The second-order valence-electron chi connectivity index (χ2n) is 9.76. The average molecular weight is 473 g/mol. The predicted molar refractivity (Wildman–Crippen MR) is 125 cm³/mol. The lowest BCUT2D eigenvalue weighted by Crippen LogP contribution is -2.50. The molecule has 4 rings (SSSR count). The second-order valence-corrected chi connectivity index (χ2v) is 9.76. The summed E-state index contributed by atoms with van der Waals surface area (Å²) in [4.78, 5) is 29.2. The van der Waals surface area contributed by atoms with E-state index < -0.39 is 18.4 Å². The van der Waals surface area contributed by atoms with Gasteiger partial charge in [0.25, 0.3) is 5.92 Å². The number of carbonyl (C=O) groups is 2. The fraction of sp³-hybridized carbons (Fsp3) is 0.481. The molecule has 34 heavy (non-hydrogen) atoms. The number of halogens is 3. The van der Waals surface area contributed by atoms with E-state index in [9.17, 15) is 22.8 Å². The number of amides is 1. The molecule has 2 heterocycles. The summed E-state index contributed by atoms with van der Waals surface area (Å²) in [5, 5.41) is 0. The molecule has 0 aromatic heterocycles. The van der Waals surface area contributed by atoms with Crippen molar-refractivity contribution in [2.75, 3.05) is 19.6 Å². The molecule has 0 N–H and O–H groups in total. The van der Waals surface area contributed by atoms with Crippen molar-refractivity contribution in [3.8, 4) is 11.1 Å². The molecule has 0 spiro atoms. The first-order chi connectivity index (χ1) is 16.1. The van der Waals surface area contributed by atoms with E-state index >= 15 is 0 Å². The zero-order chi connectivity index (χ0) is 24.5. The first-order valence-electron chi connectivity index (χ1n) is 11.9. The number of carbonyl (C=O) groups excluding carboxylic acids is 2. The summed E-state index contributed by atoms with van der Waals surface area (Å²) in [5.41, 5.74) is 2.05. The Hall–Kier alpha value is -2.67. The van der Waals surface area contributed by atoms with Gasteiger partial charge in [-0.05, 0) is 43.9 Å². The van der Waals surface area contributed by atoms with Crippen molar-refractivity contribution < 1.29 is 22.8 Å². The van der Waals surface area contributed by atoms with Crippen molar-refractivity contribution in [3.63, 3.8) is 0 Å². The molecule has 0 radical (unpaired) electrons. The number of alkyl halides is 2. The van der Waals surface area contributed by atoms with Crippen LogP contribution in [0.15, 0.2) is 48.5 Å². The Morgan fingerprint density at radius 3 is 2.44 bits per heavy atom. The molecule has 1 atom stereocenters. The second kappa shape index (κ2) is 9.90. The Balaban J connectivity index is 1.35. The van der Waals surface area contributed by atoms with Crippen LogP contribution in [0.5, 0.6) is 0 Å². The molecule has 0 saturated carbocycles. The number of likely N-dealkylation sites (tertiary alicyclic amines) is 2. The minimum absolute atomic E-state index is 0.0917. The third kappa shape index (κ3) is 5.35. The number of ketones is 1. The monoisotopic (exact) mass is 472 g/mol. The van der Waals surface area contributed by atoms with E-state index in [2.05, 4.69) is 0 Å². The van der Waals surface area contributed by atoms with Crippen molar-refractivity contribution in [3.05, 3.63) is 59.9 Å². The normalized spacial score (nSPS) is 21.2. The molecule has 0 bridgehead atoms. The van der Waals surface area contributed by atoms with Gasteiger partial charge >= 0.3 is 0 Å². The molecule has 2 aromatic carbocycles. The Morgan fingerprint density at radius 1 is 1.06 bits per heavy atom. The van der Waals surface area contributed by atoms with Gasteiger partial charge in [0.15, 0.2) is 0 Å². The summed E-state index contributed by atoms with van der Waals surface area (Å²) in [6.45, 7) is 4.07. The quantitative estimate of drug-likeness (QED) is 0.597. The first-order valence-corrected chi connectivity index (χ1v) is 11.9. The van der Waals surface area contributed by atoms with E-state index in [1.165, 1.54) is 6.07 Å². The third-order valence-electron chi connectivity index (χ3n) is 7.01. The van der Waals surface area contributed by atoms with Crippen LogP contribution in [0.25, 0.3) is 11.1 Å². The summed E-state index contributed by atoms with van der Waals surface area (Å²) >= 11 is 0. The van der Waals surface area contributed by atoms with Crippen LogP contribution in [-0.2, 0) is 16.0 Å². The van der Waals surface area contributed by atoms with E-state index in [1.54, 1.807) is 28.0 Å². The van der Waals surface area contributed by atoms with Crippen LogP contribution in [-0.4, -0.2) is 59.1 Å². The van der Waals surface area contributed by atoms with Crippen molar-refractivity contribution in [2.45, 2.75) is 57.5 Å². The molecule has 2 aromatic rings. The van der Waals surface area contributed by atoms with Crippen LogP contribution in [0.2, 0.25) is 0 Å².